The van der Waals surface area contributed by atoms with E-state index in [9.17, 15) is 13.2 Å². The molecule has 0 bridgehead atoms. The SMILES string of the molecule is O=C(N/N=C/c1ccco1)c1ccccc1NS(=O)(=O)c1ccc(Cl)cc1. The average Bonchev–Trinajstić information content (AvgIpc) is 3.15. The molecule has 0 atom stereocenters. The van der Waals surface area contributed by atoms with Crippen LogP contribution in [-0.4, -0.2) is 20.5 Å². The second-order valence-electron chi connectivity index (χ2n) is 5.32. The highest BCUT2D eigenvalue weighted by Crippen LogP contribution is 2.21. The standard InChI is InChI=1S/C18H14ClN3O4S/c19-13-7-9-15(10-8-13)27(24,25)22-17-6-2-1-5-16(17)18(23)21-20-12-14-4-3-11-26-14/h1-12,22H,(H,21,23)/b20-12+. The van der Waals surface area contributed by atoms with E-state index in [4.69, 9.17) is 16.0 Å². The number of anilines is 1. The van der Waals surface area contributed by atoms with E-state index in [-0.39, 0.29) is 16.1 Å². The number of rotatable bonds is 6. The molecule has 2 N–H and O–H groups in total. The fourth-order valence-corrected chi connectivity index (χ4v) is 3.37. The van der Waals surface area contributed by atoms with Crippen LogP contribution < -0.4 is 10.1 Å². The first-order chi connectivity index (χ1) is 13.0. The van der Waals surface area contributed by atoms with Gasteiger partial charge >= 0.3 is 0 Å². The first kappa shape index (κ1) is 18.7. The van der Waals surface area contributed by atoms with E-state index < -0.39 is 15.9 Å². The molecule has 0 aliphatic rings. The molecule has 0 spiro atoms. The summed E-state index contributed by atoms with van der Waals surface area (Å²) in [6, 6.07) is 15.2. The monoisotopic (exact) mass is 403 g/mol. The van der Waals surface area contributed by atoms with E-state index >= 15 is 0 Å². The molecule has 0 unspecified atom stereocenters. The van der Waals surface area contributed by atoms with Crippen molar-refractivity contribution in [1.29, 1.82) is 0 Å². The zero-order chi connectivity index (χ0) is 19.3. The van der Waals surface area contributed by atoms with Gasteiger partial charge in [0.2, 0.25) is 0 Å². The van der Waals surface area contributed by atoms with Crippen molar-refractivity contribution in [3.05, 3.63) is 83.3 Å². The quantitative estimate of drug-likeness (QED) is 0.485. The maximum atomic E-state index is 12.5. The Morgan fingerprint density at radius 1 is 1.04 bits per heavy atom. The van der Waals surface area contributed by atoms with Crippen molar-refractivity contribution in [3.63, 3.8) is 0 Å². The Balaban J connectivity index is 1.79. The van der Waals surface area contributed by atoms with Gasteiger partial charge in [0.05, 0.1) is 28.6 Å². The normalized spacial score (nSPS) is 11.4. The zero-order valence-electron chi connectivity index (χ0n) is 13.8. The minimum absolute atomic E-state index is 0.0259. The van der Waals surface area contributed by atoms with E-state index in [1.54, 1.807) is 24.3 Å². The molecular weight excluding hydrogens is 390 g/mol. The minimum Gasteiger partial charge on any atom is -0.463 e. The van der Waals surface area contributed by atoms with Crippen LogP contribution in [0.15, 0.2) is 81.3 Å². The molecule has 3 rings (SSSR count). The van der Waals surface area contributed by atoms with Gasteiger partial charge in [-0.15, -0.1) is 0 Å². The number of carbonyl (C=O) groups excluding carboxylic acids is 1. The van der Waals surface area contributed by atoms with E-state index in [1.807, 2.05) is 0 Å². The van der Waals surface area contributed by atoms with Crippen LogP contribution in [0.25, 0.3) is 0 Å². The van der Waals surface area contributed by atoms with Crippen LogP contribution in [-0.2, 0) is 10.0 Å². The van der Waals surface area contributed by atoms with Gasteiger partial charge in [-0.2, -0.15) is 5.10 Å². The molecule has 1 heterocycles. The maximum absolute atomic E-state index is 12.5. The highest BCUT2D eigenvalue weighted by Gasteiger charge is 2.18. The van der Waals surface area contributed by atoms with Crippen molar-refractivity contribution in [2.24, 2.45) is 5.10 Å². The molecule has 27 heavy (non-hydrogen) atoms. The Morgan fingerprint density at radius 3 is 2.48 bits per heavy atom. The summed E-state index contributed by atoms with van der Waals surface area (Å²) < 4.78 is 32.5. The molecule has 1 amide bonds. The largest absolute Gasteiger partial charge is 0.463 e. The van der Waals surface area contributed by atoms with Gasteiger partial charge in [-0.3, -0.25) is 9.52 Å². The number of carbonyl (C=O) groups is 1. The van der Waals surface area contributed by atoms with Gasteiger partial charge in [0.25, 0.3) is 15.9 Å². The average molecular weight is 404 g/mol. The zero-order valence-corrected chi connectivity index (χ0v) is 15.4. The van der Waals surface area contributed by atoms with Gasteiger partial charge in [-0.25, -0.2) is 13.8 Å². The Kier molecular flexibility index (Phi) is 5.58. The van der Waals surface area contributed by atoms with E-state index in [1.165, 1.54) is 48.9 Å². The molecule has 0 fully saturated rings. The molecule has 3 aromatic rings. The lowest BCUT2D eigenvalue weighted by molar-refractivity contribution is 0.0956. The lowest BCUT2D eigenvalue weighted by Crippen LogP contribution is -2.21. The number of sulfonamides is 1. The Hall–Kier alpha value is -3.10. The number of furan rings is 1. The minimum atomic E-state index is -3.88. The molecule has 0 saturated heterocycles. The van der Waals surface area contributed by atoms with Crippen molar-refractivity contribution in [3.8, 4) is 0 Å². The molecule has 0 aliphatic heterocycles. The highest BCUT2D eigenvalue weighted by atomic mass is 35.5. The first-order valence-electron chi connectivity index (χ1n) is 7.70. The van der Waals surface area contributed by atoms with Crippen LogP contribution >= 0.6 is 11.6 Å². The number of benzene rings is 2. The van der Waals surface area contributed by atoms with E-state index in [0.717, 1.165) is 0 Å². The molecule has 0 radical (unpaired) electrons. The Labute approximate surface area is 160 Å². The van der Waals surface area contributed by atoms with Gasteiger partial charge < -0.3 is 4.42 Å². The summed E-state index contributed by atoms with van der Waals surface area (Å²) in [5.74, 6) is -0.112. The fraction of sp³-hybridized carbons (Fsp3) is 0. The third-order valence-corrected chi connectivity index (χ3v) is 5.07. The summed E-state index contributed by atoms with van der Waals surface area (Å²) in [5, 5.41) is 4.20. The molecule has 7 nitrogen and oxygen atoms in total. The molecule has 0 saturated carbocycles. The highest BCUT2D eigenvalue weighted by molar-refractivity contribution is 7.92. The maximum Gasteiger partial charge on any atom is 0.273 e. The van der Waals surface area contributed by atoms with Crippen molar-refractivity contribution < 1.29 is 17.6 Å². The Bertz CT molecular complexity index is 1060. The van der Waals surface area contributed by atoms with Gasteiger partial charge in [0.1, 0.15) is 5.76 Å². The van der Waals surface area contributed by atoms with Crippen LogP contribution in [0.1, 0.15) is 16.1 Å². The summed E-state index contributed by atoms with van der Waals surface area (Å²) >= 11 is 5.79. The number of hydrogen-bond donors (Lipinski definition) is 2. The van der Waals surface area contributed by atoms with Crippen molar-refractivity contribution in [2.75, 3.05) is 4.72 Å². The third-order valence-electron chi connectivity index (χ3n) is 3.44. The Morgan fingerprint density at radius 2 is 1.78 bits per heavy atom. The first-order valence-corrected chi connectivity index (χ1v) is 9.56. The number of para-hydroxylation sites is 1. The smallest absolute Gasteiger partial charge is 0.273 e. The summed E-state index contributed by atoms with van der Waals surface area (Å²) in [6.45, 7) is 0. The molecule has 138 valence electrons. The summed E-state index contributed by atoms with van der Waals surface area (Å²) in [7, 11) is -3.88. The van der Waals surface area contributed by atoms with Gasteiger partial charge in [-0.05, 0) is 48.5 Å². The summed E-state index contributed by atoms with van der Waals surface area (Å²) in [5.41, 5.74) is 2.57. The number of halogens is 1. The van der Waals surface area contributed by atoms with Crippen LogP contribution in [0, 0.1) is 0 Å². The number of amides is 1. The van der Waals surface area contributed by atoms with E-state index in [0.29, 0.717) is 10.8 Å². The number of hydrazone groups is 1. The van der Waals surface area contributed by atoms with Crippen molar-refractivity contribution in [2.45, 2.75) is 4.90 Å². The number of nitrogens with zero attached hydrogens (tertiary/aromatic N) is 1. The third kappa shape index (κ3) is 4.75. The fourth-order valence-electron chi connectivity index (χ4n) is 2.17. The molecular formula is C18H14ClN3O4S. The van der Waals surface area contributed by atoms with E-state index in [2.05, 4.69) is 15.2 Å². The molecule has 0 aliphatic carbocycles. The van der Waals surface area contributed by atoms with Crippen LogP contribution in [0.4, 0.5) is 5.69 Å². The van der Waals surface area contributed by atoms with Crippen molar-refractivity contribution >= 4 is 39.4 Å². The lowest BCUT2D eigenvalue weighted by Gasteiger charge is -2.11. The summed E-state index contributed by atoms with van der Waals surface area (Å²) in [6.07, 6.45) is 2.81. The van der Waals surface area contributed by atoms with Crippen LogP contribution in [0.3, 0.4) is 0 Å². The molecule has 1 aromatic heterocycles. The second-order valence-corrected chi connectivity index (χ2v) is 7.44. The second kappa shape index (κ2) is 8.07. The van der Waals surface area contributed by atoms with Crippen LogP contribution in [0.5, 0.6) is 0 Å². The van der Waals surface area contributed by atoms with Crippen LogP contribution in [0.2, 0.25) is 5.02 Å². The number of hydrogen-bond acceptors (Lipinski definition) is 5. The van der Waals surface area contributed by atoms with Gasteiger partial charge in [-0.1, -0.05) is 23.7 Å². The summed E-state index contributed by atoms with van der Waals surface area (Å²) in [4.78, 5) is 12.4. The predicted molar refractivity (Wildman–Crippen MR) is 102 cm³/mol. The number of nitrogens with one attached hydrogen (secondary N) is 2. The topological polar surface area (TPSA) is 101 Å². The van der Waals surface area contributed by atoms with Gasteiger partial charge in [0, 0.05) is 5.02 Å². The lowest BCUT2D eigenvalue weighted by atomic mass is 10.2. The van der Waals surface area contributed by atoms with Gasteiger partial charge in [0.15, 0.2) is 0 Å². The molecule has 9 heteroatoms. The molecule has 2 aromatic carbocycles. The predicted octanol–water partition coefficient (Wildman–Crippen LogP) is 3.50. The van der Waals surface area contributed by atoms with Crippen molar-refractivity contribution in [1.82, 2.24) is 5.43 Å².